The van der Waals surface area contributed by atoms with E-state index in [2.05, 4.69) is 234 Å². The lowest BCUT2D eigenvalue weighted by molar-refractivity contribution is 0.00578. The highest BCUT2D eigenvalue weighted by atomic mass is 35.5. The van der Waals surface area contributed by atoms with Gasteiger partial charge in [-0.05, 0) is 170 Å². The second kappa shape index (κ2) is 26.7. The van der Waals surface area contributed by atoms with Crippen molar-refractivity contribution in [3.63, 3.8) is 0 Å². The van der Waals surface area contributed by atoms with Gasteiger partial charge in [-0.25, -0.2) is 15.0 Å². The standard InChI is InChI=1S/C47H31N5.C21H13Cl2N.C19H21BN2O2/c1-3-12-36(13-4-1)51-43-19-9-7-17-41(43)49-46(51)34-25-21-32(22-26-34)38-29-30-39(45-40(38)16-11-31-48-45)33-23-27-35(28-24-33)47-50-42-18-8-10-20-44(42)52(47)37-14-5-2-6-15-37;22-16-7-3-14(4-8-16)18-11-12-19(15-5-9-17(23)10-6-15)21-20(18)2-1-13-24-21;1-18(2)19(3,4)24-20(23-18)17-21-15-12-8-9-13-16(15)22(17)14-10-6-5-7-11-14/h1-31H;1-13H;5-13H,1-4H3. The quantitative estimate of drug-likeness (QED) is 0.126. The van der Waals surface area contributed by atoms with Gasteiger partial charge in [-0.1, -0.05) is 223 Å². The van der Waals surface area contributed by atoms with Crippen molar-refractivity contribution in [1.82, 2.24) is 38.6 Å². The molecule has 17 aromatic rings. The largest absolute Gasteiger partial charge is 0.533 e. The first-order valence-corrected chi connectivity index (χ1v) is 34.1. The molecule has 0 N–H and O–H groups in total. The molecule has 1 aliphatic heterocycles. The summed E-state index contributed by atoms with van der Waals surface area (Å²) in [5.41, 5.74) is 22.3. The molecule has 6 heterocycles. The summed E-state index contributed by atoms with van der Waals surface area (Å²) >= 11 is 12.0. The topological polar surface area (TPSA) is 97.7 Å². The number of imidazole rings is 3. The van der Waals surface area contributed by atoms with E-state index in [1.807, 2.05) is 134 Å². The Labute approximate surface area is 590 Å². The molecule has 482 valence electrons. The van der Waals surface area contributed by atoms with Gasteiger partial charge in [-0.3, -0.25) is 23.7 Å². The summed E-state index contributed by atoms with van der Waals surface area (Å²) in [6, 6.07) is 106. The Morgan fingerprint density at radius 2 is 0.610 bits per heavy atom. The summed E-state index contributed by atoms with van der Waals surface area (Å²) in [6.45, 7) is 8.23. The number of para-hydroxylation sites is 9. The van der Waals surface area contributed by atoms with Crippen LogP contribution in [0.3, 0.4) is 0 Å². The minimum Gasteiger partial charge on any atom is -0.397 e. The van der Waals surface area contributed by atoms with E-state index in [9.17, 15) is 0 Å². The lowest BCUT2D eigenvalue weighted by Crippen LogP contribution is -2.41. The van der Waals surface area contributed by atoms with Gasteiger partial charge in [0.25, 0.3) is 0 Å². The van der Waals surface area contributed by atoms with Gasteiger partial charge in [-0.2, -0.15) is 0 Å². The number of benzene rings is 12. The van der Waals surface area contributed by atoms with Crippen LogP contribution in [0.5, 0.6) is 0 Å². The number of halogens is 2. The molecule has 1 aliphatic rings. The molecule has 0 amide bonds. The van der Waals surface area contributed by atoms with E-state index in [0.29, 0.717) is 0 Å². The van der Waals surface area contributed by atoms with E-state index in [-0.39, 0.29) is 0 Å². The summed E-state index contributed by atoms with van der Waals surface area (Å²) in [6.07, 6.45) is 3.71. The first kappa shape index (κ1) is 63.2. The molecule has 12 aromatic carbocycles. The Kier molecular flexibility index (Phi) is 16.9. The zero-order chi connectivity index (χ0) is 67.9. The number of fused-ring (bicyclic) bond motifs is 5. The molecule has 0 atom stereocenters. The van der Waals surface area contributed by atoms with Crippen molar-refractivity contribution in [1.29, 1.82) is 0 Å². The molecule has 0 aliphatic carbocycles. The van der Waals surface area contributed by atoms with Crippen LogP contribution in [0.2, 0.25) is 10.0 Å². The lowest BCUT2D eigenvalue weighted by Gasteiger charge is -2.32. The molecular weight excluding hydrogens is 1270 g/mol. The summed E-state index contributed by atoms with van der Waals surface area (Å²) in [4.78, 5) is 24.5. The molecule has 0 spiro atoms. The number of aromatic nitrogens is 8. The number of hydrogen-bond acceptors (Lipinski definition) is 7. The van der Waals surface area contributed by atoms with Crippen LogP contribution in [0.15, 0.2) is 322 Å². The predicted octanol–water partition coefficient (Wildman–Crippen LogP) is 21.8. The molecule has 0 unspecified atom stereocenters. The van der Waals surface area contributed by atoms with Crippen molar-refractivity contribution in [2.45, 2.75) is 38.9 Å². The maximum Gasteiger partial charge on any atom is 0.533 e. The van der Waals surface area contributed by atoms with Crippen LogP contribution in [0, 0.1) is 0 Å². The van der Waals surface area contributed by atoms with Gasteiger partial charge in [0, 0.05) is 72.5 Å². The maximum absolute atomic E-state index is 6.24. The van der Waals surface area contributed by atoms with Gasteiger partial charge in [0.2, 0.25) is 0 Å². The highest BCUT2D eigenvalue weighted by molar-refractivity contribution is 6.61. The van der Waals surface area contributed by atoms with Crippen LogP contribution < -0.4 is 5.72 Å². The van der Waals surface area contributed by atoms with Crippen molar-refractivity contribution >= 4 is 91.0 Å². The Balaban J connectivity index is 0.000000134. The van der Waals surface area contributed by atoms with E-state index < -0.39 is 18.3 Å². The van der Waals surface area contributed by atoms with Crippen LogP contribution in [-0.2, 0) is 9.31 Å². The number of hydrogen-bond donors (Lipinski definition) is 0. The third-order valence-electron chi connectivity index (χ3n) is 19.0. The van der Waals surface area contributed by atoms with Crippen molar-refractivity contribution in [3.8, 4) is 84.3 Å². The van der Waals surface area contributed by atoms with Gasteiger partial charge >= 0.3 is 7.12 Å². The second-order valence-corrected chi connectivity index (χ2v) is 26.6. The third-order valence-corrected chi connectivity index (χ3v) is 19.5. The maximum atomic E-state index is 6.24. The zero-order valence-electron chi connectivity index (χ0n) is 55.3. The monoisotopic (exact) mass is 1330 g/mol. The average Bonchev–Trinajstić information content (AvgIpc) is 1.58. The van der Waals surface area contributed by atoms with Gasteiger partial charge < -0.3 is 9.31 Å². The molecule has 0 bridgehead atoms. The predicted molar refractivity (Wildman–Crippen MR) is 412 cm³/mol. The van der Waals surface area contributed by atoms with E-state index >= 15 is 0 Å². The van der Waals surface area contributed by atoms with Crippen molar-refractivity contribution in [3.05, 3.63) is 332 Å². The Morgan fingerprint density at radius 1 is 0.300 bits per heavy atom. The molecule has 18 rings (SSSR count). The summed E-state index contributed by atoms with van der Waals surface area (Å²) in [5.74, 6) is 1.84. The fraction of sp³-hybridized carbons (Fsp3) is 0.0690. The van der Waals surface area contributed by atoms with E-state index in [1.165, 1.54) is 0 Å². The van der Waals surface area contributed by atoms with E-state index in [4.69, 9.17) is 52.4 Å². The summed E-state index contributed by atoms with van der Waals surface area (Å²) < 4.78 is 19.1. The fourth-order valence-corrected chi connectivity index (χ4v) is 13.5. The molecule has 1 fully saturated rings. The van der Waals surface area contributed by atoms with Crippen LogP contribution in [0.1, 0.15) is 27.7 Å². The molecule has 5 aromatic heterocycles. The van der Waals surface area contributed by atoms with Crippen LogP contribution in [0.25, 0.3) is 139 Å². The molecule has 0 radical (unpaired) electrons. The van der Waals surface area contributed by atoms with Crippen molar-refractivity contribution in [2.75, 3.05) is 0 Å². The highest BCUT2D eigenvalue weighted by Crippen LogP contribution is 2.41. The number of pyridine rings is 2. The van der Waals surface area contributed by atoms with Gasteiger partial charge in [0.05, 0.1) is 55.3 Å². The molecule has 10 nitrogen and oxygen atoms in total. The number of rotatable bonds is 10. The molecule has 13 heteroatoms. The fourth-order valence-electron chi connectivity index (χ4n) is 13.3. The Bertz CT molecular complexity index is 5510. The smallest absolute Gasteiger partial charge is 0.397 e. The Hall–Kier alpha value is -11.6. The minimum absolute atomic E-state index is 0.392. The highest BCUT2D eigenvalue weighted by Gasteiger charge is 2.53. The van der Waals surface area contributed by atoms with E-state index in [0.717, 1.165) is 155 Å². The SMILES string of the molecule is CC1(C)OB(c2nc3ccccc3n2-c2ccccc2)OC1(C)C.Clc1ccc(-c2ccc(-c3ccc(Cl)cc3)c3ncccc23)cc1.c1ccc(-n2c(-c3ccc(-c4ccc(-c5ccc(-c6nc7ccccc7n6-c6ccccc6)cc5)c5ncccc45)cc3)nc3ccccc32)cc1. The summed E-state index contributed by atoms with van der Waals surface area (Å²) in [5, 5.41) is 3.69. The van der Waals surface area contributed by atoms with Gasteiger partial charge in [0.15, 0.2) is 0 Å². The molecule has 0 saturated carbocycles. The normalized spacial score (nSPS) is 13.2. The van der Waals surface area contributed by atoms with Gasteiger partial charge in [0.1, 0.15) is 17.4 Å². The third kappa shape index (κ3) is 12.1. The van der Waals surface area contributed by atoms with Crippen LogP contribution in [0.4, 0.5) is 0 Å². The summed E-state index contributed by atoms with van der Waals surface area (Å²) in [7, 11) is -0.498. The van der Waals surface area contributed by atoms with Gasteiger partial charge in [-0.15, -0.1) is 0 Å². The molecule has 100 heavy (non-hydrogen) atoms. The number of nitrogens with zero attached hydrogens (tertiary/aromatic N) is 8. The van der Waals surface area contributed by atoms with Crippen molar-refractivity contribution in [2.24, 2.45) is 0 Å². The zero-order valence-corrected chi connectivity index (χ0v) is 56.8. The van der Waals surface area contributed by atoms with Crippen LogP contribution >= 0.6 is 23.2 Å². The minimum atomic E-state index is -0.498. The average molecular weight is 1340 g/mol. The second-order valence-electron chi connectivity index (χ2n) is 25.7. The Morgan fingerprint density at radius 3 is 1.01 bits per heavy atom. The first-order chi connectivity index (χ1) is 48.9. The lowest BCUT2D eigenvalue weighted by atomic mass is 9.88. The van der Waals surface area contributed by atoms with Crippen LogP contribution in [-0.4, -0.2) is 56.9 Å². The van der Waals surface area contributed by atoms with E-state index in [1.54, 1.807) is 0 Å². The van der Waals surface area contributed by atoms with Crippen molar-refractivity contribution < 1.29 is 9.31 Å². The molecule has 1 saturated heterocycles. The first-order valence-electron chi connectivity index (χ1n) is 33.3. The molecular formula is C87H65BCl2N8O2.